The normalized spacial score (nSPS) is 18.9. The van der Waals surface area contributed by atoms with E-state index in [1.807, 2.05) is 36.4 Å². The fraction of sp³-hybridized carbons (Fsp3) is 0.417. The van der Waals surface area contributed by atoms with E-state index in [0.29, 0.717) is 19.1 Å². The zero-order valence-electron chi connectivity index (χ0n) is 17.3. The van der Waals surface area contributed by atoms with Crippen LogP contribution < -0.4 is 9.47 Å². The van der Waals surface area contributed by atoms with Gasteiger partial charge in [-0.2, -0.15) is 0 Å². The first-order chi connectivity index (χ1) is 14.7. The quantitative estimate of drug-likeness (QED) is 0.532. The number of carbonyl (C=O) groups excluding carboxylic acids is 1. The van der Waals surface area contributed by atoms with E-state index >= 15 is 0 Å². The van der Waals surface area contributed by atoms with Crippen LogP contribution in [0.3, 0.4) is 0 Å². The minimum absolute atomic E-state index is 0.167. The van der Waals surface area contributed by atoms with Gasteiger partial charge >= 0.3 is 0 Å². The van der Waals surface area contributed by atoms with Gasteiger partial charge in [0.2, 0.25) is 5.91 Å². The molecule has 1 aromatic heterocycles. The number of amides is 1. The standard InChI is InChI=1S/C24H27N3O3/c1-29-21-9-4-5-10-22(21)30-14-6-13-26-20-8-3-2-7-19(20)25-24(26)17-15-23(28)27(16-17)18-11-12-18/h2-5,7-10,17-18H,6,11-16H2,1H3. The number of hydrogen-bond acceptors (Lipinski definition) is 4. The van der Waals surface area contributed by atoms with Crippen LogP contribution in [0.4, 0.5) is 0 Å². The van der Waals surface area contributed by atoms with Crippen LogP contribution in [0.15, 0.2) is 48.5 Å². The highest BCUT2D eigenvalue weighted by Crippen LogP contribution is 2.37. The number of hydrogen-bond donors (Lipinski definition) is 0. The Morgan fingerprint density at radius 1 is 1.07 bits per heavy atom. The van der Waals surface area contributed by atoms with Crippen molar-refractivity contribution in [2.75, 3.05) is 20.3 Å². The highest BCUT2D eigenvalue weighted by Gasteiger charge is 2.41. The number of aromatic nitrogens is 2. The molecule has 5 rings (SSSR count). The molecule has 3 aromatic rings. The van der Waals surface area contributed by atoms with Gasteiger partial charge < -0.3 is 18.9 Å². The topological polar surface area (TPSA) is 56.6 Å². The summed E-state index contributed by atoms with van der Waals surface area (Å²) in [5, 5.41) is 0. The van der Waals surface area contributed by atoms with Gasteiger partial charge in [-0.3, -0.25) is 4.79 Å². The molecule has 6 heteroatoms. The molecule has 2 fully saturated rings. The maximum Gasteiger partial charge on any atom is 0.223 e. The maximum atomic E-state index is 12.5. The van der Waals surface area contributed by atoms with Gasteiger partial charge in [0.15, 0.2) is 11.5 Å². The number of fused-ring (bicyclic) bond motifs is 1. The Bertz CT molecular complexity index is 1060. The van der Waals surface area contributed by atoms with Crippen LogP contribution in [-0.4, -0.2) is 46.7 Å². The number of para-hydroxylation sites is 4. The van der Waals surface area contributed by atoms with Crippen molar-refractivity contribution in [1.29, 1.82) is 0 Å². The largest absolute Gasteiger partial charge is 0.493 e. The van der Waals surface area contributed by atoms with Gasteiger partial charge in [-0.15, -0.1) is 0 Å². The first-order valence-electron chi connectivity index (χ1n) is 10.7. The highest BCUT2D eigenvalue weighted by atomic mass is 16.5. The molecule has 2 aliphatic rings. The van der Waals surface area contributed by atoms with Crippen molar-refractivity contribution in [2.24, 2.45) is 0 Å². The van der Waals surface area contributed by atoms with E-state index in [1.165, 1.54) is 0 Å². The third kappa shape index (κ3) is 3.62. The van der Waals surface area contributed by atoms with E-state index in [-0.39, 0.29) is 11.8 Å². The Morgan fingerprint density at radius 3 is 2.63 bits per heavy atom. The molecule has 6 nitrogen and oxygen atoms in total. The van der Waals surface area contributed by atoms with E-state index in [2.05, 4.69) is 21.6 Å². The smallest absolute Gasteiger partial charge is 0.223 e. The minimum Gasteiger partial charge on any atom is -0.493 e. The Labute approximate surface area is 176 Å². The third-order valence-corrected chi connectivity index (χ3v) is 6.05. The molecule has 1 unspecified atom stereocenters. The predicted octanol–water partition coefficient (Wildman–Crippen LogP) is 3.99. The van der Waals surface area contributed by atoms with Gasteiger partial charge in [-0.25, -0.2) is 4.98 Å². The summed E-state index contributed by atoms with van der Waals surface area (Å²) in [5.74, 6) is 2.99. The van der Waals surface area contributed by atoms with Gasteiger partial charge in [0.25, 0.3) is 0 Å². The summed E-state index contributed by atoms with van der Waals surface area (Å²) in [5.41, 5.74) is 2.12. The number of carbonyl (C=O) groups is 1. The summed E-state index contributed by atoms with van der Waals surface area (Å²) in [4.78, 5) is 19.5. The van der Waals surface area contributed by atoms with E-state index in [4.69, 9.17) is 14.5 Å². The molecule has 0 bridgehead atoms. The second kappa shape index (κ2) is 8.01. The molecule has 156 valence electrons. The average molecular weight is 405 g/mol. The van der Waals surface area contributed by atoms with Gasteiger partial charge in [0.1, 0.15) is 5.82 Å². The molecule has 0 N–H and O–H groups in total. The molecule has 1 aliphatic carbocycles. The Kier molecular flexibility index (Phi) is 5.07. The van der Waals surface area contributed by atoms with Gasteiger partial charge in [-0.1, -0.05) is 24.3 Å². The van der Waals surface area contributed by atoms with Crippen molar-refractivity contribution < 1.29 is 14.3 Å². The molecule has 0 spiro atoms. The van der Waals surface area contributed by atoms with Crippen LogP contribution in [0.1, 0.15) is 37.4 Å². The lowest BCUT2D eigenvalue weighted by molar-refractivity contribution is -0.128. The number of methoxy groups -OCH3 is 1. The summed E-state index contributed by atoms with van der Waals surface area (Å²) >= 11 is 0. The van der Waals surface area contributed by atoms with Crippen molar-refractivity contribution >= 4 is 16.9 Å². The van der Waals surface area contributed by atoms with Crippen LogP contribution in [0.5, 0.6) is 11.5 Å². The van der Waals surface area contributed by atoms with E-state index in [9.17, 15) is 4.79 Å². The number of nitrogens with zero attached hydrogens (tertiary/aromatic N) is 3. The Hall–Kier alpha value is -3.02. The zero-order valence-corrected chi connectivity index (χ0v) is 17.3. The van der Waals surface area contributed by atoms with Crippen LogP contribution in [0.25, 0.3) is 11.0 Å². The first kappa shape index (κ1) is 19.0. The second-order valence-electron chi connectivity index (χ2n) is 8.14. The van der Waals surface area contributed by atoms with E-state index < -0.39 is 0 Å². The summed E-state index contributed by atoms with van der Waals surface area (Å²) < 4.78 is 13.6. The van der Waals surface area contributed by atoms with Crippen molar-refractivity contribution in [1.82, 2.24) is 14.5 Å². The molecule has 1 amide bonds. The second-order valence-corrected chi connectivity index (χ2v) is 8.14. The van der Waals surface area contributed by atoms with Crippen molar-refractivity contribution in [3.8, 4) is 11.5 Å². The maximum absolute atomic E-state index is 12.5. The number of benzene rings is 2. The number of ether oxygens (including phenoxy) is 2. The molecule has 1 aliphatic heterocycles. The zero-order chi connectivity index (χ0) is 20.5. The molecule has 1 atom stereocenters. The monoisotopic (exact) mass is 405 g/mol. The minimum atomic E-state index is 0.167. The number of imidazole rings is 1. The van der Waals surface area contributed by atoms with Crippen molar-refractivity contribution in [3.05, 3.63) is 54.4 Å². The SMILES string of the molecule is COc1ccccc1OCCCn1c(C2CC(=O)N(C3CC3)C2)nc2ccccc21. The molecule has 30 heavy (non-hydrogen) atoms. The molecule has 1 saturated heterocycles. The molecule has 0 radical (unpaired) electrons. The average Bonchev–Trinajstić information content (AvgIpc) is 3.45. The fourth-order valence-electron chi connectivity index (χ4n) is 4.43. The fourth-order valence-corrected chi connectivity index (χ4v) is 4.43. The van der Waals surface area contributed by atoms with E-state index in [1.54, 1.807) is 7.11 Å². The Balaban J connectivity index is 1.32. The Morgan fingerprint density at radius 2 is 1.83 bits per heavy atom. The number of likely N-dealkylation sites (tertiary alicyclic amines) is 1. The summed E-state index contributed by atoms with van der Waals surface area (Å²) in [6.45, 7) is 2.19. The number of rotatable bonds is 8. The van der Waals surface area contributed by atoms with Gasteiger partial charge in [0.05, 0.1) is 24.8 Å². The van der Waals surface area contributed by atoms with Crippen LogP contribution in [-0.2, 0) is 11.3 Å². The molecule has 1 saturated carbocycles. The summed E-state index contributed by atoms with van der Waals surface area (Å²) in [6, 6.07) is 16.4. The summed E-state index contributed by atoms with van der Waals surface area (Å²) in [6.07, 6.45) is 3.71. The third-order valence-electron chi connectivity index (χ3n) is 6.05. The van der Waals surface area contributed by atoms with Crippen LogP contribution in [0.2, 0.25) is 0 Å². The van der Waals surface area contributed by atoms with E-state index in [0.717, 1.165) is 60.7 Å². The highest BCUT2D eigenvalue weighted by molar-refractivity contribution is 5.81. The van der Waals surface area contributed by atoms with Crippen molar-refractivity contribution in [2.45, 2.75) is 44.2 Å². The molecular weight excluding hydrogens is 378 g/mol. The molecule has 2 heterocycles. The lowest BCUT2D eigenvalue weighted by atomic mass is 10.1. The first-order valence-corrected chi connectivity index (χ1v) is 10.7. The van der Waals surface area contributed by atoms with Crippen LogP contribution >= 0.6 is 0 Å². The van der Waals surface area contributed by atoms with Crippen molar-refractivity contribution in [3.63, 3.8) is 0 Å². The molecule has 2 aromatic carbocycles. The number of aryl methyl sites for hydroxylation is 1. The predicted molar refractivity (Wildman–Crippen MR) is 115 cm³/mol. The lowest BCUT2D eigenvalue weighted by Crippen LogP contribution is -2.27. The van der Waals surface area contributed by atoms with Gasteiger partial charge in [0, 0.05) is 31.5 Å². The van der Waals surface area contributed by atoms with Gasteiger partial charge in [-0.05, 0) is 43.5 Å². The summed E-state index contributed by atoms with van der Waals surface area (Å²) in [7, 11) is 1.65. The molecular formula is C24H27N3O3. The van der Waals surface area contributed by atoms with Crippen LogP contribution in [0, 0.1) is 0 Å². The lowest BCUT2D eigenvalue weighted by Gasteiger charge is -2.17.